The number of anilines is 1. The summed E-state index contributed by atoms with van der Waals surface area (Å²) in [6.07, 6.45) is 1.33. The second-order valence-corrected chi connectivity index (χ2v) is 10.6. The molecule has 1 rings (SSSR count). The van der Waals surface area contributed by atoms with Gasteiger partial charge in [-0.25, -0.2) is 0 Å². The molecule has 0 unspecified atom stereocenters. The monoisotopic (exact) mass is 249 g/mol. The van der Waals surface area contributed by atoms with Crippen LogP contribution in [0.3, 0.4) is 0 Å². The zero-order valence-corrected chi connectivity index (χ0v) is 12.6. The van der Waals surface area contributed by atoms with Gasteiger partial charge >= 0.3 is 0 Å². The minimum atomic E-state index is -0.896. The zero-order chi connectivity index (χ0) is 12.6. The van der Waals surface area contributed by atoms with Gasteiger partial charge in [0.15, 0.2) is 0 Å². The molecule has 0 radical (unpaired) electrons. The topological polar surface area (TPSA) is 12.0 Å². The molecule has 1 aromatic rings. The van der Waals surface area contributed by atoms with E-state index in [9.17, 15) is 0 Å². The van der Waals surface area contributed by atoms with Crippen molar-refractivity contribution >= 4 is 13.8 Å². The predicted octanol–water partition coefficient (Wildman–Crippen LogP) is 5.00. The van der Waals surface area contributed by atoms with Gasteiger partial charge in [0.05, 0.1) is 8.07 Å². The van der Waals surface area contributed by atoms with Crippen LogP contribution in [0.2, 0.25) is 24.2 Å². The van der Waals surface area contributed by atoms with E-state index in [1.54, 1.807) is 0 Å². The Labute approximate surface area is 108 Å². The molecule has 0 saturated carbocycles. The standard InChI is InChI=1S/C15H27NSi/c1-4-17(5-2,6-3)14-10-13-16-15-11-8-7-9-12-15/h7-9,11-12,16H,4-6,10,13-14H2,1-3H3. The molecule has 0 heterocycles. The van der Waals surface area contributed by atoms with Gasteiger partial charge in [0.1, 0.15) is 0 Å². The molecule has 1 aromatic carbocycles. The van der Waals surface area contributed by atoms with Gasteiger partial charge in [0.2, 0.25) is 0 Å². The first-order chi connectivity index (χ1) is 8.26. The fourth-order valence-electron chi connectivity index (χ4n) is 2.53. The molecule has 0 aliphatic rings. The molecule has 0 amide bonds. The number of hydrogen-bond donors (Lipinski definition) is 1. The summed E-state index contributed by atoms with van der Waals surface area (Å²) >= 11 is 0. The SMILES string of the molecule is CC[Si](CC)(CC)CCCNc1ccccc1. The third-order valence-electron chi connectivity index (χ3n) is 4.24. The number of hydrogen-bond acceptors (Lipinski definition) is 1. The van der Waals surface area contributed by atoms with E-state index in [1.807, 2.05) is 0 Å². The minimum absolute atomic E-state index is 0.896. The van der Waals surface area contributed by atoms with Gasteiger partial charge in [-0.2, -0.15) is 0 Å². The second-order valence-electron chi connectivity index (χ2n) is 4.96. The molecule has 96 valence electrons. The van der Waals surface area contributed by atoms with Gasteiger partial charge in [0.25, 0.3) is 0 Å². The highest BCUT2D eigenvalue weighted by Gasteiger charge is 2.25. The molecule has 17 heavy (non-hydrogen) atoms. The Hall–Kier alpha value is -0.763. The first-order valence-corrected chi connectivity index (χ1v) is 9.88. The van der Waals surface area contributed by atoms with Crippen LogP contribution in [0.25, 0.3) is 0 Å². The highest BCUT2D eigenvalue weighted by molar-refractivity contribution is 6.79. The van der Waals surface area contributed by atoms with E-state index in [4.69, 9.17) is 0 Å². The van der Waals surface area contributed by atoms with E-state index < -0.39 is 8.07 Å². The molecule has 2 heteroatoms. The molecule has 0 aliphatic carbocycles. The van der Waals surface area contributed by atoms with Gasteiger partial charge < -0.3 is 5.32 Å². The molecule has 1 N–H and O–H groups in total. The minimum Gasteiger partial charge on any atom is -0.385 e. The normalized spacial score (nSPS) is 11.5. The molecular formula is C15H27NSi. The van der Waals surface area contributed by atoms with Gasteiger partial charge in [0, 0.05) is 12.2 Å². The summed E-state index contributed by atoms with van der Waals surface area (Å²) in [6, 6.07) is 16.4. The summed E-state index contributed by atoms with van der Waals surface area (Å²) in [5, 5.41) is 3.51. The Balaban J connectivity index is 2.28. The van der Waals surface area contributed by atoms with Crippen molar-refractivity contribution in [3.63, 3.8) is 0 Å². The van der Waals surface area contributed by atoms with E-state index in [0.717, 1.165) is 6.54 Å². The summed E-state index contributed by atoms with van der Waals surface area (Å²) in [5.41, 5.74) is 1.25. The molecular weight excluding hydrogens is 222 g/mol. The molecule has 0 atom stereocenters. The lowest BCUT2D eigenvalue weighted by atomic mass is 10.3. The van der Waals surface area contributed by atoms with Crippen molar-refractivity contribution in [1.82, 2.24) is 0 Å². The lowest BCUT2D eigenvalue weighted by Gasteiger charge is -2.28. The van der Waals surface area contributed by atoms with E-state index in [2.05, 4.69) is 56.4 Å². The van der Waals surface area contributed by atoms with Crippen molar-refractivity contribution in [2.24, 2.45) is 0 Å². The van der Waals surface area contributed by atoms with Crippen LogP contribution in [-0.4, -0.2) is 14.6 Å². The van der Waals surface area contributed by atoms with Gasteiger partial charge in [-0.15, -0.1) is 0 Å². The highest BCUT2D eigenvalue weighted by atomic mass is 28.3. The fraction of sp³-hybridized carbons (Fsp3) is 0.600. The van der Waals surface area contributed by atoms with Gasteiger partial charge in [-0.1, -0.05) is 63.1 Å². The van der Waals surface area contributed by atoms with E-state index in [0.29, 0.717) is 0 Å². The molecule has 0 bridgehead atoms. The Morgan fingerprint density at radius 1 is 0.941 bits per heavy atom. The zero-order valence-electron chi connectivity index (χ0n) is 11.6. The van der Waals surface area contributed by atoms with Crippen molar-refractivity contribution in [3.05, 3.63) is 30.3 Å². The third kappa shape index (κ3) is 4.54. The number of nitrogens with one attached hydrogen (secondary N) is 1. The van der Waals surface area contributed by atoms with Crippen LogP contribution in [0.15, 0.2) is 30.3 Å². The molecule has 0 aromatic heterocycles. The molecule has 1 nitrogen and oxygen atoms in total. The van der Waals surface area contributed by atoms with Crippen LogP contribution in [-0.2, 0) is 0 Å². The van der Waals surface area contributed by atoms with Crippen LogP contribution in [0, 0.1) is 0 Å². The lowest BCUT2D eigenvalue weighted by Crippen LogP contribution is -2.31. The summed E-state index contributed by atoms with van der Waals surface area (Å²) in [7, 11) is -0.896. The second kappa shape index (κ2) is 7.54. The summed E-state index contributed by atoms with van der Waals surface area (Å²) < 4.78 is 0. The Morgan fingerprint density at radius 2 is 1.53 bits per heavy atom. The van der Waals surface area contributed by atoms with Gasteiger partial charge in [-0.05, 0) is 18.6 Å². The van der Waals surface area contributed by atoms with Crippen molar-refractivity contribution in [2.45, 2.75) is 51.4 Å². The predicted molar refractivity (Wildman–Crippen MR) is 81.6 cm³/mol. The quantitative estimate of drug-likeness (QED) is 0.505. The maximum Gasteiger partial charge on any atom is 0.0528 e. The smallest absolute Gasteiger partial charge is 0.0528 e. The van der Waals surface area contributed by atoms with Gasteiger partial charge in [-0.3, -0.25) is 0 Å². The highest BCUT2D eigenvalue weighted by Crippen LogP contribution is 2.26. The van der Waals surface area contributed by atoms with Crippen LogP contribution >= 0.6 is 0 Å². The first-order valence-electron chi connectivity index (χ1n) is 7.05. The summed E-state index contributed by atoms with van der Waals surface area (Å²) in [5.74, 6) is 0. The number of rotatable bonds is 8. The Bertz CT molecular complexity index is 285. The fourth-order valence-corrected chi connectivity index (χ4v) is 6.02. The van der Waals surface area contributed by atoms with Crippen molar-refractivity contribution in [3.8, 4) is 0 Å². The average Bonchev–Trinajstić information content (AvgIpc) is 2.41. The molecule has 0 saturated heterocycles. The maximum absolute atomic E-state index is 3.51. The summed E-state index contributed by atoms with van der Waals surface area (Å²) in [6.45, 7) is 8.30. The largest absolute Gasteiger partial charge is 0.385 e. The third-order valence-corrected chi connectivity index (χ3v) is 10.2. The first kappa shape index (κ1) is 14.3. The number of benzene rings is 1. The van der Waals surface area contributed by atoms with E-state index in [1.165, 1.54) is 36.3 Å². The van der Waals surface area contributed by atoms with Crippen molar-refractivity contribution in [2.75, 3.05) is 11.9 Å². The van der Waals surface area contributed by atoms with Crippen LogP contribution in [0.4, 0.5) is 5.69 Å². The van der Waals surface area contributed by atoms with Crippen LogP contribution in [0.1, 0.15) is 27.2 Å². The average molecular weight is 249 g/mol. The van der Waals surface area contributed by atoms with E-state index in [-0.39, 0.29) is 0 Å². The van der Waals surface area contributed by atoms with Crippen LogP contribution < -0.4 is 5.32 Å². The molecule has 0 spiro atoms. The van der Waals surface area contributed by atoms with Crippen molar-refractivity contribution < 1.29 is 0 Å². The summed E-state index contributed by atoms with van der Waals surface area (Å²) in [4.78, 5) is 0. The maximum atomic E-state index is 3.51. The van der Waals surface area contributed by atoms with Crippen LogP contribution in [0.5, 0.6) is 0 Å². The van der Waals surface area contributed by atoms with E-state index >= 15 is 0 Å². The Kier molecular flexibility index (Phi) is 6.34. The molecule has 0 aliphatic heterocycles. The van der Waals surface area contributed by atoms with Crippen molar-refractivity contribution in [1.29, 1.82) is 0 Å². The number of para-hydroxylation sites is 1. The lowest BCUT2D eigenvalue weighted by molar-refractivity contribution is 0.927. The molecule has 0 fully saturated rings. The Morgan fingerprint density at radius 3 is 2.06 bits per heavy atom.